The molecule has 0 saturated heterocycles. The minimum absolute atomic E-state index is 0.0759. The SMILES string of the molecule is O=C(C[S])NC12CC3CC(CC(C3)C1)C2. The van der Waals surface area contributed by atoms with Crippen molar-refractivity contribution in [3.63, 3.8) is 0 Å². The summed E-state index contributed by atoms with van der Waals surface area (Å²) in [5, 5.41) is 3.23. The third-order valence-corrected chi connectivity index (χ3v) is 4.84. The molecule has 4 aliphatic carbocycles. The monoisotopic (exact) mass is 224 g/mol. The van der Waals surface area contributed by atoms with Crippen molar-refractivity contribution in [3.05, 3.63) is 0 Å². The Kier molecular flexibility index (Phi) is 2.27. The number of amides is 1. The number of hydrogen-bond acceptors (Lipinski definition) is 1. The minimum atomic E-state index is 0.0759. The molecular weight excluding hydrogens is 206 g/mol. The molecule has 2 nitrogen and oxygen atoms in total. The lowest BCUT2D eigenvalue weighted by Crippen LogP contribution is -2.60. The summed E-state index contributed by atoms with van der Waals surface area (Å²) in [6, 6.07) is 0. The van der Waals surface area contributed by atoms with E-state index >= 15 is 0 Å². The summed E-state index contributed by atoms with van der Waals surface area (Å²) in [6.45, 7) is 0. The molecule has 1 radical (unpaired) electrons. The number of rotatable bonds is 2. The van der Waals surface area contributed by atoms with E-state index in [9.17, 15) is 4.79 Å². The first-order valence-corrected chi connectivity index (χ1v) is 6.66. The van der Waals surface area contributed by atoms with Gasteiger partial charge in [-0.05, 0) is 56.3 Å². The van der Waals surface area contributed by atoms with Crippen LogP contribution in [0.2, 0.25) is 0 Å². The maximum atomic E-state index is 11.5. The lowest BCUT2D eigenvalue weighted by Gasteiger charge is -2.56. The Balaban J connectivity index is 1.78. The van der Waals surface area contributed by atoms with Gasteiger partial charge in [0.15, 0.2) is 0 Å². The molecule has 4 bridgehead atoms. The zero-order valence-corrected chi connectivity index (χ0v) is 9.81. The average Bonchev–Trinajstić information content (AvgIpc) is 2.14. The Bertz CT molecular complexity index is 254. The zero-order chi connectivity index (χ0) is 10.5. The largest absolute Gasteiger partial charge is 0.350 e. The predicted molar refractivity (Wildman–Crippen MR) is 61.5 cm³/mol. The van der Waals surface area contributed by atoms with Crippen LogP contribution in [0.4, 0.5) is 0 Å². The summed E-state index contributed by atoms with van der Waals surface area (Å²) in [6.07, 6.45) is 7.93. The van der Waals surface area contributed by atoms with Gasteiger partial charge in [-0.3, -0.25) is 4.79 Å². The second-order valence-electron chi connectivity index (χ2n) is 5.89. The van der Waals surface area contributed by atoms with Crippen molar-refractivity contribution < 1.29 is 4.79 Å². The molecule has 0 aromatic rings. The summed E-state index contributed by atoms with van der Waals surface area (Å²) in [5.41, 5.74) is 0.157. The predicted octanol–water partition coefficient (Wildman–Crippen LogP) is 2.27. The molecule has 0 aromatic carbocycles. The molecule has 4 fully saturated rings. The van der Waals surface area contributed by atoms with Gasteiger partial charge in [-0.2, -0.15) is 0 Å². The van der Waals surface area contributed by atoms with Crippen molar-refractivity contribution in [1.82, 2.24) is 5.32 Å². The molecule has 0 atom stereocenters. The molecule has 0 unspecified atom stereocenters. The highest BCUT2D eigenvalue weighted by molar-refractivity contribution is 7.81. The van der Waals surface area contributed by atoms with Crippen molar-refractivity contribution >= 4 is 18.5 Å². The van der Waals surface area contributed by atoms with Gasteiger partial charge in [0.2, 0.25) is 5.91 Å². The molecule has 3 heteroatoms. The molecule has 15 heavy (non-hydrogen) atoms. The van der Waals surface area contributed by atoms with Crippen molar-refractivity contribution in [2.24, 2.45) is 17.8 Å². The minimum Gasteiger partial charge on any atom is -0.350 e. The molecule has 0 heterocycles. The Morgan fingerprint density at radius 2 is 1.60 bits per heavy atom. The second kappa shape index (κ2) is 3.41. The Hall–Kier alpha value is -0.180. The third kappa shape index (κ3) is 1.69. The molecule has 0 aromatic heterocycles. The van der Waals surface area contributed by atoms with E-state index in [-0.39, 0.29) is 17.2 Å². The average molecular weight is 224 g/mol. The van der Waals surface area contributed by atoms with Crippen molar-refractivity contribution in [2.75, 3.05) is 5.75 Å². The number of carbonyl (C=O) groups is 1. The molecule has 4 aliphatic rings. The highest BCUT2D eigenvalue weighted by Crippen LogP contribution is 2.55. The molecule has 4 saturated carbocycles. The van der Waals surface area contributed by atoms with Crippen LogP contribution in [0, 0.1) is 17.8 Å². The van der Waals surface area contributed by atoms with E-state index in [0.29, 0.717) is 0 Å². The van der Waals surface area contributed by atoms with Gasteiger partial charge >= 0.3 is 0 Å². The molecule has 4 rings (SSSR count). The summed E-state index contributed by atoms with van der Waals surface area (Å²) in [5.74, 6) is 2.97. The summed E-state index contributed by atoms with van der Waals surface area (Å²) < 4.78 is 0. The van der Waals surface area contributed by atoms with E-state index in [0.717, 1.165) is 17.8 Å². The van der Waals surface area contributed by atoms with Crippen LogP contribution >= 0.6 is 12.6 Å². The van der Waals surface area contributed by atoms with Crippen molar-refractivity contribution in [3.8, 4) is 0 Å². The Labute approximate surface area is 96.6 Å². The molecule has 1 amide bonds. The van der Waals surface area contributed by atoms with Crippen LogP contribution in [-0.2, 0) is 4.79 Å². The first kappa shape index (κ1) is 10.0. The molecule has 83 valence electrons. The number of carbonyl (C=O) groups excluding carboxylic acids is 1. The summed E-state index contributed by atoms with van der Waals surface area (Å²) in [4.78, 5) is 11.5. The van der Waals surface area contributed by atoms with Crippen molar-refractivity contribution in [2.45, 2.75) is 44.1 Å². The maximum Gasteiger partial charge on any atom is 0.231 e. The van der Waals surface area contributed by atoms with Crippen LogP contribution in [0.1, 0.15) is 38.5 Å². The van der Waals surface area contributed by atoms with E-state index in [1.165, 1.54) is 38.5 Å². The van der Waals surface area contributed by atoms with E-state index in [1.54, 1.807) is 0 Å². The Morgan fingerprint density at radius 3 is 2.00 bits per heavy atom. The van der Waals surface area contributed by atoms with Gasteiger partial charge in [-0.1, -0.05) is 12.6 Å². The smallest absolute Gasteiger partial charge is 0.231 e. The fraction of sp³-hybridized carbons (Fsp3) is 0.917. The number of hydrogen-bond donors (Lipinski definition) is 1. The van der Waals surface area contributed by atoms with E-state index in [1.807, 2.05) is 0 Å². The zero-order valence-electron chi connectivity index (χ0n) is 9.00. The fourth-order valence-corrected chi connectivity index (χ4v) is 4.67. The van der Waals surface area contributed by atoms with Gasteiger partial charge in [0, 0.05) is 5.54 Å². The first-order valence-electron chi connectivity index (χ1n) is 6.08. The molecule has 1 N–H and O–H groups in total. The van der Waals surface area contributed by atoms with Gasteiger partial charge in [0.25, 0.3) is 0 Å². The highest BCUT2D eigenvalue weighted by atomic mass is 32.1. The molecule has 0 spiro atoms. The summed E-state index contributed by atoms with van der Waals surface area (Å²) >= 11 is 4.82. The van der Waals surface area contributed by atoms with Gasteiger partial charge in [-0.25, -0.2) is 0 Å². The number of nitrogens with one attached hydrogen (secondary N) is 1. The first-order chi connectivity index (χ1) is 7.19. The topological polar surface area (TPSA) is 29.1 Å². The van der Waals surface area contributed by atoms with Crippen LogP contribution in [-0.4, -0.2) is 17.2 Å². The van der Waals surface area contributed by atoms with Crippen LogP contribution in [0.15, 0.2) is 0 Å². The van der Waals surface area contributed by atoms with Gasteiger partial charge in [0.1, 0.15) is 0 Å². The second-order valence-corrected chi connectivity index (χ2v) is 6.18. The fourth-order valence-electron chi connectivity index (χ4n) is 4.60. The van der Waals surface area contributed by atoms with Crippen LogP contribution < -0.4 is 5.32 Å². The quantitative estimate of drug-likeness (QED) is 0.766. The van der Waals surface area contributed by atoms with E-state index < -0.39 is 0 Å². The Morgan fingerprint density at radius 1 is 1.13 bits per heavy atom. The molecular formula is C12H18NOS. The van der Waals surface area contributed by atoms with E-state index in [2.05, 4.69) is 5.32 Å². The lowest BCUT2D eigenvalue weighted by atomic mass is 9.53. The highest BCUT2D eigenvalue weighted by Gasteiger charge is 2.51. The van der Waals surface area contributed by atoms with Crippen LogP contribution in [0.3, 0.4) is 0 Å². The van der Waals surface area contributed by atoms with Gasteiger partial charge < -0.3 is 5.32 Å². The van der Waals surface area contributed by atoms with Gasteiger partial charge in [-0.15, -0.1) is 0 Å². The van der Waals surface area contributed by atoms with Crippen LogP contribution in [0.5, 0.6) is 0 Å². The normalized spacial score (nSPS) is 46.9. The molecule has 0 aliphatic heterocycles. The lowest BCUT2D eigenvalue weighted by molar-refractivity contribution is -0.124. The maximum absolute atomic E-state index is 11.5. The van der Waals surface area contributed by atoms with Crippen molar-refractivity contribution in [1.29, 1.82) is 0 Å². The van der Waals surface area contributed by atoms with E-state index in [4.69, 9.17) is 12.6 Å². The third-order valence-electron chi connectivity index (χ3n) is 4.57. The van der Waals surface area contributed by atoms with Gasteiger partial charge in [0.05, 0.1) is 5.75 Å². The standard InChI is InChI=1S/C12H18NOS/c14-11(7-15)13-12-4-8-1-9(5-12)3-10(2-8)6-12/h8-10H,1-7H2,(H,13,14). The summed E-state index contributed by atoms with van der Waals surface area (Å²) in [7, 11) is 0. The van der Waals surface area contributed by atoms with Crippen LogP contribution in [0.25, 0.3) is 0 Å².